The molecule has 0 bridgehead atoms. The van der Waals surface area contributed by atoms with Crippen LogP contribution in [0.3, 0.4) is 0 Å². The molecule has 0 radical (unpaired) electrons. The highest BCUT2D eigenvalue weighted by Gasteiger charge is 2.19. The molecule has 1 rings (SSSR count). The Morgan fingerprint density at radius 1 is 1.24 bits per heavy atom. The summed E-state index contributed by atoms with van der Waals surface area (Å²) in [6.45, 7) is 12.1. The lowest BCUT2D eigenvalue weighted by Gasteiger charge is -2.21. The maximum absolute atomic E-state index is 12.0. The Hall–Kier alpha value is -0.410. The molecule has 1 aromatic carbocycles. The Balaban J connectivity index is 0.00000121. The predicted molar refractivity (Wildman–Crippen MR) is 75.6 cm³/mol. The Kier molecular flexibility index (Phi) is 6.95. The summed E-state index contributed by atoms with van der Waals surface area (Å²) in [7, 11) is 0. The largest absolute Gasteiger partial charge is 0.397 e. The van der Waals surface area contributed by atoms with Crippen molar-refractivity contribution in [2.45, 2.75) is 47.0 Å². The van der Waals surface area contributed by atoms with Crippen LogP contribution in [0.25, 0.3) is 0 Å². The lowest BCUT2D eigenvalue weighted by atomic mass is 9.86. The van der Waals surface area contributed by atoms with Gasteiger partial charge in [-0.1, -0.05) is 52.3 Å². The molecule has 0 aromatic heterocycles. The van der Waals surface area contributed by atoms with E-state index in [-0.39, 0.29) is 17.8 Å². The fraction of sp³-hybridized carbons (Fsp3) is 0.538. The van der Waals surface area contributed by atoms with E-state index in [2.05, 4.69) is 20.8 Å². The molecule has 98 valence electrons. The quantitative estimate of drug-likeness (QED) is 0.624. The van der Waals surface area contributed by atoms with Gasteiger partial charge in [-0.05, 0) is 23.5 Å². The van der Waals surface area contributed by atoms with Crippen molar-refractivity contribution in [3.8, 4) is 5.75 Å². The van der Waals surface area contributed by atoms with Crippen LogP contribution in [-0.2, 0) is 5.41 Å². The number of rotatable bonds is 2. The summed E-state index contributed by atoms with van der Waals surface area (Å²) < 4.78 is 16.7. The van der Waals surface area contributed by atoms with Crippen molar-refractivity contribution in [2.24, 2.45) is 0 Å². The minimum absolute atomic E-state index is 0.0246. The zero-order chi connectivity index (χ0) is 13.6. The summed E-state index contributed by atoms with van der Waals surface area (Å²) in [5.74, 6) is 0.473. The highest BCUT2D eigenvalue weighted by molar-refractivity contribution is 7.89. The minimum atomic E-state index is -0.168. The third-order valence-electron chi connectivity index (χ3n) is 2.19. The number of aryl methyl sites for hydroxylation is 1. The van der Waals surface area contributed by atoms with Gasteiger partial charge in [-0.3, -0.25) is 0 Å². The third-order valence-corrected chi connectivity index (χ3v) is 2.75. The fourth-order valence-corrected chi connectivity index (χ4v) is 2.05. The standard InChI is InChI=1S/C11H14ClFOS.C2H6/c1-7-5-8(11(2,3)4)9(12)6-10(7)14-15-13;1-2/h5-6H,1-4H3;1-2H3. The van der Waals surface area contributed by atoms with E-state index in [1.807, 2.05) is 26.8 Å². The van der Waals surface area contributed by atoms with E-state index in [0.717, 1.165) is 11.1 Å². The second-order valence-corrected chi connectivity index (χ2v) is 5.19. The highest BCUT2D eigenvalue weighted by atomic mass is 35.5. The molecular formula is C13H20ClFOS. The molecule has 0 heterocycles. The smallest absolute Gasteiger partial charge is 0.272 e. The van der Waals surface area contributed by atoms with Crippen LogP contribution >= 0.6 is 24.0 Å². The first-order valence-electron chi connectivity index (χ1n) is 5.62. The summed E-state index contributed by atoms with van der Waals surface area (Å²) in [6, 6.07) is 3.60. The maximum atomic E-state index is 12.0. The van der Waals surface area contributed by atoms with Gasteiger partial charge in [0.15, 0.2) is 0 Å². The monoisotopic (exact) mass is 278 g/mol. The molecule has 0 atom stereocenters. The fourth-order valence-electron chi connectivity index (χ4n) is 1.36. The van der Waals surface area contributed by atoms with Gasteiger partial charge in [-0.25, -0.2) is 0 Å². The van der Waals surface area contributed by atoms with Crippen LogP contribution in [-0.4, -0.2) is 0 Å². The second kappa shape index (κ2) is 7.12. The van der Waals surface area contributed by atoms with Gasteiger partial charge in [0.25, 0.3) is 12.4 Å². The number of hydrogen-bond donors (Lipinski definition) is 0. The van der Waals surface area contributed by atoms with Crippen molar-refractivity contribution >= 4 is 24.0 Å². The molecule has 0 spiro atoms. The lowest BCUT2D eigenvalue weighted by Crippen LogP contribution is -2.12. The molecule has 17 heavy (non-hydrogen) atoms. The molecule has 0 saturated carbocycles. The van der Waals surface area contributed by atoms with Crippen LogP contribution in [0, 0.1) is 6.92 Å². The van der Waals surface area contributed by atoms with Gasteiger partial charge >= 0.3 is 0 Å². The molecule has 0 unspecified atom stereocenters. The van der Waals surface area contributed by atoms with Gasteiger partial charge < -0.3 is 4.18 Å². The van der Waals surface area contributed by atoms with E-state index in [1.165, 1.54) is 0 Å². The van der Waals surface area contributed by atoms with Gasteiger partial charge in [0, 0.05) is 11.1 Å². The second-order valence-electron chi connectivity index (χ2n) is 4.49. The van der Waals surface area contributed by atoms with Crippen LogP contribution in [0.4, 0.5) is 3.89 Å². The van der Waals surface area contributed by atoms with E-state index < -0.39 is 0 Å². The summed E-state index contributed by atoms with van der Waals surface area (Å²) in [4.78, 5) is 0. The Morgan fingerprint density at radius 3 is 2.18 bits per heavy atom. The Morgan fingerprint density at radius 2 is 1.76 bits per heavy atom. The summed E-state index contributed by atoms with van der Waals surface area (Å²) in [5, 5.41) is 0.608. The Labute approximate surface area is 113 Å². The first-order chi connectivity index (χ1) is 7.86. The zero-order valence-electron chi connectivity index (χ0n) is 11.2. The van der Waals surface area contributed by atoms with Crippen LogP contribution in [0.15, 0.2) is 12.1 Å². The third kappa shape index (κ3) is 4.76. The average molecular weight is 279 g/mol. The number of hydrogen-bond acceptors (Lipinski definition) is 2. The van der Waals surface area contributed by atoms with Crippen molar-refractivity contribution in [2.75, 3.05) is 0 Å². The summed E-state index contributed by atoms with van der Waals surface area (Å²) >= 11 is 5.94. The van der Waals surface area contributed by atoms with Crippen LogP contribution in [0.5, 0.6) is 5.75 Å². The molecule has 4 heteroatoms. The van der Waals surface area contributed by atoms with Crippen LogP contribution in [0.1, 0.15) is 45.7 Å². The van der Waals surface area contributed by atoms with Crippen LogP contribution < -0.4 is 4.18 Å². The molecule has 0 aliphatic carbocycles. The number of benzene rings is 1. The minimum Gasteiger partial charge on any atom is -0.397 e. The molecule has 0 aliphatic rings. The maximum Gasteiger partial charge on any atom is 0.272 e. The molecule has 1 aromatic rings. The molecule has 1 nitrogen and oxygen atoms in total. The average Bonchev–Trinajstić information content (AvgIpc) is 2.24. The summed E-state index contributed by atoms with van der Waals surface area (Å²) in [6.07, 6.45) is 0. The van der Waals surface area contributed by atoms with Crippen molar-refractivity contribution in [1.82, 2.24) is 0 Å². The van der Waals surface area contributed by atoms with E-state index in [1.54, 1.807) is 6.07 Å². The molecule has 0 fully saturated rings. The van der Waals surface area contributed by atoms with Crippen molar-refractivity contribution < 1.29 is 8.07 Å². The van der Waals surface area contributed by atoms with Crippen molar-refractivity contribution in [1.29, 1.82) is 0 Å². The highest BCUT2D eigenvalue weighted by Crippen LogP contribution is 2.35. The molecule has 0 amide bonds. The van der Waals surface area contributed by atoms with E-state index in [0.29, 0.717) is 10.8 Å². The zero-order valence-corrected chi connectivity index (χ0v) is 12.8. The number of halogens is 2. The van der Waals surface area contributed by atoms with E-state index >= 15 is 0 Å². The van der Waals surface area contributed by atoms with Gasteiger partial charge in [-0.15, -0.1) is 3.89 Å². The molecule has 0 aliphatic heterocycles. The van der Waals surface area contributed by atoms with Crippen molar-refractivity contribution in [3.63, 3.8) is 0 Å². The van der Waals surface area contributed by atoms with Gasteiger partial charge in [0.05, 0.1) is 0 Å². The lowest BCUT2D eigenvalue weighted by molar-refractivity contribution is 0.581. The van der Waals surface area contributed by atoms with E-state index in [4.69, 9.17) is 15.8 Å². The van der Waals surface area contributed by atoms with Gasteiger partial charge in [0.2, 0.25) is 0 Å². The first kappa shape index (κ1) is 16.6. The summed E-state index contributed by atoms with van der Waals surface area (Å²) in [5.41, 5.74) is 1.90. The molecule has 0 saturated heterocycles. The normalized spacial score (nSPS) is 10.6. The molecular weight excluding hydrogens is 259 g/mol. The topological polar surface area (TPSA) is 9.23 Å². The van der Waals surface area contributed by atoms with Gasteiger partial charge in [0.1, 0.15) is 5.75 Å². The van der Waals surface area contributed by atoms with Crippen molar-refractivity contribution in [3.05, 3.63) is 28.3 Å². The molecule has 0 N–H and O–H groups in total. The first-order valence-corrected chi connectivity index (χ1v) is 6.64. The van der Waals surface area contributed by atoms with Gasteiger partial charge in [-0.2, -0.15) is 0 Å². The van der Waals surface area contributed by atoms with E-state index in [9.17, 15) is 3.89 Å². The predicted octanol–water partition coefficient (Wildman–Crippen LogP) is 5.88. The Bertz CT molecular complexity index is 361. The SMILES string of the molecule is CC.Cc1cc(C(C)(C)C)c(Cl)cc1OSF. The van der Waals surface area contributed by atoms with Crippen LogP contribution in [0.2, 0.25) is 5.02 Å².